The summed E-state index contributed by atoms with van der Waals surface area (Å²) in [6.45, 7) is 1.90. The maximum absolute atomic E-state index is 9.54. The van der Waals surface area contributed by atoms with Gasteiger partial charge in [0, 0.05) is 6.07 Å². The Morgan fingerprint density at radius 1 is 1.10 bits per heavy atom. The Labute approximate surface area is 121 Å². The molecule has 4 nitrogen and oxygen atoms in total. The summed E-state index contributed by atoms with van der Waals surface area (Å²) in [4.78, 5) is 0. The number of fused-ring (bicyclic) bond motifs is 1. The molecular formula is C15H13ClO4. The van der Waals surface area contributed by atoms with Crippen molar-refractivity contribution in [3.8, 4) is 23.0 Å². The smallest absolute Gasteiger partial charge is 0.231 e. The van der Waals surface area contributed by atoms with Gasteiger partial charge < -0.3 is 19.3 Å². The van der Waals surface area contributed by atoms with E-state index in [1.54, 1.807) is 43.3 Å². The highest BCUT2D eigenvalue weighted by atomic mass is 35.5. The van der Waals surface area contributed by atoms with Crippen LogP contribution in [0.4, 0.5) is 0 Å². The van der Waals surface area contributed by atoms with Crippen molar-refractivity contribution in [3.63, 3.8) is 0 Å². The van der Waals surface area contributed by atoms with Gasteiger partial charge in [-0.3, -0.25) is 0 Å². The van der Waals surface area contributed by atoms with E-state index < -0.39 is 6.10 Å². The Morgan fingerprint density at radius 3 is 2.55 bits per heavy atom. The second-order valence-corrected chi connectivity index (χ2v) is 4.88. The van der Waals surface area contributed by atoms with Crippen molar-refractivity contribution < 1.29 is 19.3 Å². The standard InChI is InChI=1S/C15H13ClO4/c1-9(17)12-4-2-10(6-13(12)16)20-11-3-5-14-15(7-11)19-8-18-14/h2-7,9,17H,8H2,1H3. The Balaban J connectivity index is 1.83. The minimum absolute atomic E-state index is 0.230. The molecule has 1 atom stereocenters. The van der Waals surface area contributed by atoms with Gasteiger partial charge in [-0.1, -0.05) is 17.7 Å². The zero-order valence-electron chi connectivity index (χ0n) is 10.8. The molecule has 1 aliphatic heterocycles. The predicted octanol–water partition coefficient (Wildman–Crippen LogP) is 3.91. The lowest BCUT2D eigenvalue weighted by Gasteiger charge is -2.10. The average molecular weight is 293 g/mol. The van der Waals surface area contributed by atoms with Crippen molar-refractivity contribution in [2.75, 3.05) is 6.79 Å². The molecule has 0 bridgehead atoms. The van der Waals surface area contributed by atoms with E-state index in [2.05, 4.69) is 0 Å². The lowest BCUT2D eigenvalue weighted by Crippen LogP contribution is -1.93. The molecule has 0 aliphatic carbocycles. The molecule has 1 N–H and O–H groups in total. The van der Waals surface area contributed by atoms with Crippen LogP contribution in [0.2, 0.25) is 5.02 Å². The Kier molecular flexibility index (Phi) is 3.42. The third-order valence-electron chi connectivity index (χ3n) is 3.00. The summed E-state index contributed by atoms with van der Waals surface area (Å²) in [5.74, 6) is 2.60. The molecule has 0 spiro atoms. The zero-order valence-corrected chi connectivity index (χ0v) is 11.6. The molecule has 0 fully saturated rings. The highest BCUT2D eigenvalue weighted by Gasteiger charge is 2.14. The van der Waals surface area contributed by atoms with E-state index in [0.29, 0.717) is 33.6 Å². The van der Waals surface area contributed by atoms with Crippen LogP contribution < -0.4 is 14.2 Å². The monoisotopic (exact) mass is 292 g/mol. The molecule has 5 heteroatoms. The summed E-state index contributed by atoms with van der Waals surface area (Å²) in [6.07, 6.45) is -0.609. The van der Waals surface area contributed by atoms with Crippen LogP contribution >= 0.6 is 11.6 Å². The van der Waals surface area contributed by atoms with Crippen LogP contribution in [0.1, 0.15) is 18.6 Å². The minimum atomic E-state index is -0.609. The zero-order chi connectivity index (χ0) is 14.1. The first kappa shape index (κ1) is 13.1. The Bertz CT molecular complexity index is 640. The van der Waals surface area contributed by atoms with E-state index in [1.807, 2.05) is 0 Å². The average Bonchev–Trinajstić information content (AvgIpc) is 2.85. The predicted molar refractivity (Wildman–Crippen MR) is 74.7 cm³/mol. The number of hydrogen-bond acceptors (Lipinski definition) is 4. The number of aliphatic hydroxyl groups is 1. The van der Waals surface area contributed by atoms with Gasteiger partial charge in [0.05, 0.1) is 11.1 Å². The highest BCUT2D eigenvalue weighted by molar-refractivity contribution is 6.31. The molecular weight excluding hydrogens is 280 g/mol. The largest absolute Gasteiger partial charge is 0.457 e. The van der Waals surface area contributed by atoms with Crippen LogP contribution in [0.3, 0.4) is 0 Å². The summed E-state index contributed by atoms with van der Waals surface area (Å²) in [7, 11) is 0. The maximum Gasteiger partial charge on any atom is 0.231 e. The van der Waals surface area contributed by atoms with E-state index in [9.17, 15) is 5.11 Å². The van der Waals surface area contributed by atoms with Crippen LogP contribution in [0, 0.1) is 0 Å². The molecule has 0 amide bonds. The summed E-state index contributed by atoms with van der Waals surface area (Å²) in [5, 5.41) is 10.0. The van der Waals surface area contributed by atoms with Crippen LogP contribution in [0.15, 0.2) is 36.4 Å². The Hall–Kier alpha value is -1.91. The third kappa shape index (κ3) is 2.53. The molecule has 2 aromatic carbocycles. The number of halogens is 1. The van der Waals surface area contributed by atoms with Crippen LogP contribution in [-0.2, 0) is 0 Å². The lowest BCUT2D eigenvalue weighted by atomic mass is 10.1. The molecule has 1 unspecified atom stereocenters. The highest BCUT2D eigenvalue weighted by Crippen LogP contribution is 2.37. The molecule has 3 rings (SSSR count). The molecule has 0 saturated heterocycles. The summed E-state index contributed by atoms with van der Waals surface area (Å²) < 4.78 is 16.2. The van der Waals surface area contributed by atoms with Crippen molar-refractivity contribution in [1.29, 1.82) is 0 Å². The van der Waals surface area contributed by atoms with Gasteiger partial charge in [0.2, 0.25) is 6.79 Å². The Morgan fingerprint density at radius 2 is 1.80 bits per heavy atom. The van der Waals surface area contributed by atoms with Gasteiger partial charge in [-0.25, -0.2) is 0 Å². The van der Waals surface area contributed by atoms with Gasteiger partial charge in [0.15, 0.2) is 11.5 Å². The fourth-order valence-corrected chi connectivity index (χ4v) is 2.32. The van der Waals surface area contributed by atoms with Crippen molar-refractivity contribution >= 4 is 11.6 Å². The van der Waals surface area contributed by atoms with E-state index in [1.165, 1.54) is 0 Å². The molecule has 0 radical (unpaired) electrons. The number of aliphatic hydroxyl groups excluding tert-OH is 1. The first-order valence-electron chi connectivity index (χ1n) is 6.18. The van der Waals surface area contributed by atoms with Crippen molar-refractivity contribution in [3.05, 3.63) is 47.0 Å². The fraction of sp³-hybridized carbons (Fsp3) is 0.200. The first-order chi connectivity index (χ1) is 9.63. The summed E-state index contributed by atoms with van der Waals surface area (Å²) in [5.41, 5.74) is 0.671. The molecule has 0 aromatic heterocycles. The molecule has 1 aliphatic rings. The van der Waals surface area contributed by atoms with E-state index in [-0.39, 0.29) is 6.79 Å². The number of ether oxygens (including phenoxy) is 3. The van der Waals surface area contributed by atoms with Gasteiger partial charge in [-0.05, 0) is 36.8 Å². The van der Waals surface area contributed by atoms with Crippen molar-refractivity contribution in [2.45, 2.75) is 13.0 Å². The molecule has 20 heavy (non-hydrogen) atoms. The number of benzene rings is 2. The van der Waals surface area contributed by atoms with Crippen LogP contribution in [-0.4, -0.2) is 11.9 Å². The molecule has 2 aromatic rings. The SMILES string of the molecule is CC(O)c1ccc(Oc2ccc3c(c2)OCO3)cc1Cl. The number of rotatable bonds is 3. The quantitative estimate of drug-likeness (QED) is 0.931. The normalized spacial score (nSPS) is 14.2. The van der Waals surface area contributed by atoms with Crippen molar-refractivity contribution in [2.24, 2.45) is 0 Å². The minimum Gasteiger partial charge on any atom is -0.457 e. The van der Waals surface area contributed by atoms with Crippen LogP contribution in [0.5, 0.6) is 23.0 Å². The molecule has 1 heterocycles. The topological polar surface area (TPSA) is 47.9 Å². The van der Waals surface area contributed by atoms with Crippen LogP contribution in [0.25, 0.3) is 0 Å². The second kappa shape index (κ2) is 5.23. The van der Waals surface area contributed by atoms with Gasteiger partial charge in [0.25, 0.3) is 0 Å². The third-order valence-corrected chi connectivity index (χ3v) is 3.33. The molecule has 104 valence electrons. The van der Waals surface area contributed by atoms with E-state index >= 15 is 0 Å². The van der Waals surface area contributed by atoms with Gasteiger partial charge in [0.1, 0.15) is 11.5 Å². The fourth-order valence-electron chi connectivity index (χ4n) is 1.99. The molecule has 0 saturated carbocycles. The second-order valence-electron chi connectivity index (χ2n) is 4.48. The van der Waals surface area contributed by atoms with Gasteiger partial charge in [-0.2, -0.15) is 0 Å². The van der Waals surface area contributed by atoms with Gasteiger partial charge in [-0.15, -0.1) is 0 Å². The summed E-state index contributed by atoms with van der Waals surface area (Å²) in [6, 6.07) is 10.5. The number of hydrogen-bond donors (Lipinski definition) is 1. The van der Waals surface area contributed by atoms with E-state index in [0.717, 1.165) is 0 Å². The summed E-state index contributed by atoms with van der Waals surface area (Å²) >= 11 is 6.10. The maximum atomic E-state index is 9.54. The lowest BCUT2D eigenvalue weighted by molar-refractivity contribution is 0.174. The van der Waals surface area contributed by atoms with Crippen molar-refractivity contribution in [1.82, 2.24) is 0 Å². The van der Waals surface area contributed by atoms with E-state index in [4.69, 9.17) is 25.8 Å². The first-order valence-corrected chi connectivity index (χ1v) is 6.56. The van der Waals surface area contributed by atoms with Gasteiger partial charge >= 0.3 is 0 Å².